The molecule has 1 atom stereocenters. The zero-order valence-corrected chi connectivity index (χ0v) is 13.0. The summed E-state index contributed by atoms with van der Waals surface area (Å²) < 4.78 is 6.61. The van der Waals surface area contributed by atoms with Crippen LogP contribution in [0.1, 0.15) is 24.9 Å². The Kier molecular flexibility index (Phi) is 3.85. The van der Waals surface area contributed by atoms with Crippen LogP contribution in [0.3, 0.4) is 0 Å². The van der Waals surface area contributed by atoms with Gasteiger partial charge in [-0.1, -0.05) is 36.7 Å². The minimum Gasteiger partial charge on any atom is -0.466 e. The zero-order chi connectivity index (χ0) is 15.7. The van der Waals surface area contributed by atoms with Gasteiger partial charge in [0, 0.05) is 16.3 Å². The molecule has 0 spiro atoms. The summed E-state index contributed by atoms with van der Waals surface area (Å²) in [6, 6.07) is 6.92. The predicted octanol–water partition coefficient (Wildman–Crippen LogP) is 2.78. The van der Waals surface area contributed by atoms with Gasteiger partial charge in [0.15, 0.2) is 0 Å². The van der Waals surface area contributed by atoms with Gasteiger partial charge in [-0.3, -0.25) is 0 Å². The smallest absolute Gasteiger partial charge is 0.338 e. The first-order valence-corrected chi connectivity index (χ1v) is 7.27. The van der Waals surface area contributed by atoms with Gasteiger partial charge in [-0.25, -0.2) is 9.48 Å². The molecule has 7 heteroatoms. The largest absolute Gasteiger partial charge is 0.466 e. The maximum atomic E-state index is 12.3. The van der Waals surface area contributed by atoms with Crippen LogP contribution < -0.4 is 5.32 Å². The van der Waals surface area contributed by atoms with Crippen LogP contribution in [0.15, 0.2) is 41.9 Å². The number of aromatic nitrogens is 3. The van der Waals surface area contributed by atoms with Crippen molar-refractivity contribution in [2.45, 2.75) is 19.4 Å². The maximum absolute atomic E-state index is 12.3. The van der Waals surface area contributed by atoms with E-state index in [1.165, 1.54) is 13.4 Å². The SMILES string of the molecule is CCC1=C(C(=O)OC)[C@H](c2ccccc2Cl)n2ncnc2N1. The number of rotatable bonds is 3. The summed E-state index contributed by atoms with van der Waals surface area (Å²) >= 11 is 6.34. The summed E-state index contributed by atoms with van der Waals surface area (Å²) in [6.07, 6.45) is 2.08. The highest BCUT2D eigenvalue weighted by molar-refractivity contribution is 6.31. The third-order valence-electron chi connectivity index (χ3n) is 3.64. The number of allylic oxidation sites excluding steroid dienone is 1. The quantitative estimate of drug-likeness (QED) is 0.881. The van der Waals surface area contributed by atoms with E-state index in [0.29, 0.717) is 23.0 Å². The highest BCUT2D eigenvalue weighted by Gasteiger charge is 2.35. The van der Waals surface area contributed by atoms with Gasteiger partial charge in [-0.2, -0.15) is 10.1 Å². The third-order valence-corrected chi connectivity index (χ3v) is 3.98. The van der Waals surface area contributed by atoms with Gasteiger partial charge in [-0.05, 0) is 12.5 Å². The van der Waals surface area contributed by atoms with Crippen molar-refractivity contribution in [1.82, 2.24) is 14.8 Å². The molecule has 0 saturated carbocycles. The molecular formula is C15H15ClN4O2. The summed E-state index contributed by atoms with van der Waals surface area (Å²) in [6.45, 7) is 1.96. The number of anilines is 1. The van der Waals surface area contributed by atoms with Crippen molar-refractivity contribution < 1.29 is 9.53 Å². The lowest BCUT2D eigenvalue weighted by molar-refractivity contribution is -0.136. The number of carbonyl (C=O) groups is 1. The number of nitrogens with zero attached hydrogens (tertiary/aromatic N) is 3. The van der Waals surface area contributed by atoms with E-state index in [1.807, 2.05) is 25.1 Å². The van der Waals surface area contributed by atoms with Gasteiger partial charge >= 0.3 is 5.97 Å². The Hall–Kier alpha value is -2.34. The van der Waals surface area contributed by atoms with E-state index in [1.54, 1.807) is 10.7 Å². The minimum atomic E-state index is -0.463. The summed E-state index contributed by atoms with van der Waals surface area (Å²) in [5.74, 6) is 0.171. The summed E-state index contributed by atoms with van der Waals surface area (Å²) in [7, 11) is 1.36. The first-order chi connectivity index (χ1) is 10.7. The Balaban J connectivity index is 2.25. The Morgan fingerprint density at radius 2 is 2.23 bits per heavy atom. The molecule has 0 saturated heterocycles. The maximum Gasteiger partial charge on any atom is 0.338 e. The zero-order valence-electron chi connectivity index (χ0n) is 12.2. The summed E-state index contributed by atoms with van der Waals surface area (Å²) in [5, 5.41) is 7.93. The average molecular weight is 319 g/mol. The number of hydrogen-bond donors (Lipinski definition) is 1. The molecule has 6 nitrogen and oxygen atoms in total. The molecule has 0 fully saturated rings. The fourth-order valence-electron chi connectivity index (χ4n) is 2.63. The Bertz CT molecular complexity index is 754. The van der Waals surface area contributed by atoms with Gasteiger partial charge in [0.25, 0.3) is 0 Å². The number of nitrogens with one attached hydrogen (secondary N) is 1. The molecule has 2 aromatic rings. The first kappa shape index (κ1) is 14.6. The van der Waals surface area contributed by atoms with E-state index in [4.69, 9.17) is 16.3 Å². The van der Waals surface area contributed by atoms with Crippen LogP contribution in [0, 0.1) is 0 Å². The van der Waals surface area contributed by atoms with Crippen LogP contribution in [0.25, 0.3) is 0 Å². The molecular weight excluding hydrogens is 304 g/mol. The topological polar surface area (TPSA) is 69.0 Å². The van der Waals surface area contributed by atoms with E-state index in [-0.39, 0.29) is 0 Å². The third kappa shape index (κ3) is 2.25. The number of esters is 1. The second-order valence-corrected chi connectivity index (χ2v) is 5.22. The molecule has 0 aliphatic carbocycles. The average Bonchev–Trinajstić information content (AvgIpc) is 3.01. The highest BCUT2D eigenvalue weighted by atomic mass is 35.5. The number of methoxy groups -OCH3 is 1. The molecule has 114 valence electrons. The Morgan fingerprint density at radius 1 is 1.45 bits per heavy atom. The molecule has 22 heavy (non-hydrogen) atoms. The van der Waals surface area contributed by atoms with Crippen LogP contribution >= 0.6 is 11.6 Å². The second-order valence-electron chi connectivity index (χ2n) is 4.81. The fraction of sp³-hybridized carbons (Fsp3) is 0.267. The lowest BCUT2D eigenvalue weighted by atomic mass is 9.94. The number of ether oxygens (including phenoxy) is 1. The molecule has 0 amide bonds. The van der Waals surface area contributed by atoms with Crippen LogP contribution in [0.2, 0.25) is 5.02 Å². The van der Waals surface area contributed by atoms with Gasteiger partial charge in [-0.15, -0.1) is 0 Å². The van der Waals surface area contributed by atoms with Gasteiger partial charge in [0.2, 0.25) is 5.95 Å². The van der Waals surface area contributed by atoms with E-state index < -0.39 is 12.0 Å². The lowest BCUT2D eigenvalue weighted by Crippen LogP contribution is -2.30. The van der Waals surface area contributed by atoms with E-state index in [2.05, 4.69) is 15.4 Å². The minimum absolute atomic E-state index is 0.407. The van der Waals surface area contributed by atoms with Crippen molar-refractivity contribution in [2.75, 3.05) is 12.4 Å². The number of halogens is 1. The summed E-state index contributed by atoms with van der Waals surface area (Å²) in [4.78, 5) is 16.5. The standard InChI is InChI=1S/C15H15ClN4O2/c1-3-11-12(14(21)22-2)13(9-6-4-5-7-10(9)16)20-15(19-11)17-8-18-20/h4-8,13H,3H2,1-2H3,(H,17,18,19)/t13-/m0/s1. The van der Waals surface area contributed by atoms with Crippen molar-refractivity contribution >= 4 is 23.5 Å². The Morgan fingerprint density at radius 3 is 2.91 bits per heavy atom. The molecule has 1 N–H and O–H groups in total. The summed E-state index contributed by atoms with van der Waals surface area (Å²) in [5.41, 5.74) is 2.04. The van der Waals surface area contributed by atoms with Crippen molar-refractivity contribution in [3.05, 3.63) is 52.4 Å². The van der Waals surface area contributed by atoms with Crippen LogP contribution in [0.5, 0.6) is 0 Å². The normalized spacial score (nSPS) is 17.0. The fourth-order valence-corrected chi connectivity index (χ4v) is 2.86. The van der Waals surface area contributed by atoms with E-state index >= 15 is 0 Å². The predicted molar refractivity (Wildman–Crippen MR) is 82.6 cm³/mol. The first-order valence-electron chi connectivity index (χ1n) is 6.89. The molecule has 3 rings (SSSR count). The highest BCUT2D eigenvalue weighted by Crippen LogP contribution is 2.38. The van der Waals surface area contributed by atoms with Crippen LogP contribution in [-0.2, 0) is 9.53 Å². The van der Waals surface area contributed by atoms with Gasteiger partial charge < -0.3 is 10.1 Å². The van der Waals surface area contributed by atoms with Crippen molar-refractivity contribution in [2.24, 2.45) is 0 Å². The lowest BCUT2D eigenvalue weighted by Gasteiger charge is -2.29. The molecule has 0 radical (unpaired) electrons. The number of carbonyl (C=O) groups excluding carboxylic acids is 1. The molecule has 0 unspecified atom stereocenters. The molecule has 1 aromatic heterocycles. The number of hydrogen-bond acceptors (Lipinski definition) is 5. The van der Waals surface area contributed by atoms with E-state index in [9.17, 15) is 4.79 Å². The van der Waals surface area contributed by atoms with Crippen molar-refractivity contribution in [3.8, 4) is 0 Å². The number of fused-ring (bicyclic) bond motifs is 1. The second kappa shape index (κ2) is 5.81. The van der Waals surface area contributed by atoms with Crippen LogP contribution in [0.4, 0.5) is 5.95 Å². The Labute approximate surface area is 132 Å². The van der Waals surface area contributed by atoms with Crippen LogP contribution in [-0.4, -0.2) is 27.8 Å². The molecule has 1 aromatic carbocycles. The van der Waals surface area contributed by atoms with Gasteiger partial charge in [0.05, 0.1) is 12.7 Å². The monoisotopic (exact) mass is 318 g/mol. The van der Waals surface area contributed by atoms with Crippen molar-refractivity contribution in [3.63, 3.8) is 0 Å². The van der Waals surface area contributed by atoms with Gasteiger partial charge in [0.1, 0.15) is 12.4 Å². The molecule has 1 aliphatic heterocycles. The molecule has 1 aliphatic rings. The molecule has 0 bridgehead atoms. The molecule has 2 heterocycles. The number of benzene rings is 1. The van der Waals surface area contributed by atoms with E-state index in [0.717, 1.165) is 11.3 Å². The van der Waals surface area contributed by atoms with Crippen molar-refractivity contribution in [1.29, 1.82) is 0 Å².